The Bertz CT molecular complexity index is 325. The first-order chi connectivity index (χ1) is 6.49. The highest BCUT2D eigenvalue weighted by molar-refractivity contribution is 5.43. The lowest BCUT2D eigenvalue weighted by molar-refractivity contribution is -0.137. The van der Waals surface area contributed by atoms with Gasteiger partial charge in [0, 0.05) is 0 Å². The predicted molar refractivity (Wildman–Crippen MR) is 42.8 cm³/mol. The quantitative estimate of drug-likeness (QED) is 0.754. The number of hydrogen-bond donors (Lipinski definition) is 1. The van der Waals surface area contributed by atoms with E-state index < -0.39 is 11.7 Å². The molecule has 0 aliphatic carbocycles. The van der Waals surface area contributed by atoms with Gasteiger partial charge in [-0.25, -0.2) is 0 Å². The molecule has 6 heteroatoms. The van der Waals surface area contributed by atoms with Crippen molar-refractivity contribution in [2.24, 2.45) is 5.90 Å². The van der Waals surface area contributed by atoms with E-state index in [0.29, 0.717) is 0 Å². The summed E-state index contributed by atoms with van der Waals surface area (Å²) in [6.07, 6.45) is -4.40. The topological polar surface area (TPSA) is 44.5 Å². The molecule has 0 radical (unpaired) electrons. The maximum atomic E-state index is 12.2. The summed E-state index contributed by atoms with van der Waals surface area (Å²) in [5, 5.41) is 0. The molecule has 0 aromatic heterocycles. The number of benzene rings is 1. The van der Waals surface area contributed by atoms with Gasteiger partial charge < -0.3 is 9.57 Å². The lowest BCUT2D eigenvalue weighted by Gasteiger charge is -2.10. The molecule has 0 aliphatic heterocycles. The lowest BCUT2D eigenvalue weighted by Crippen LogP contribution is -2.07. The van der Waals surface area contributed by atoms with Crippen molar-refractivity contribution < 1.29 is 22.7 Å². The van der Waals surface area contributed by atoms with Gasteiger partial charge in [-0.15, -0.1) is 0 Å². The fourth-order valence-electron chi connectivity index (χ4n) is 0.941. The summed E-state index contributed by atoms with van der Waals surface area (Å²) in [7, 11) is 1.23. The van der Waals surface area contributed by atoms with E-state index in [-0.39, 0.29) is 11.5 Å². The van der Waals surface area contributed by atoms with E-state index in [1.54, 1.807) is 0 Å². The second-order valence-corrected chi connectivity index (χ2v) is 2.48. The summed E-state index contributed by atoms with van der Waals surface area (Å²) >= 11 is 0. The number of hydrogen-bond acceptors (Lipinski definition) is 3. The minimum absolute atomic E-state index is 0.0534. The van der Waals surface area contributed by atoms with Crippen LogP contribution in [0.25, 0.3) is 0 Å². The molecule has 0 saturated carbocycles. The summed E-state index contributed by atoms with van der Waals surface area (Å²) in [5.74, 6) is 4.83. The van der Waals surface area contributed by atoms with E-state index in [1.165, 1.54) is 7.11 Å². The number of halogens is 3. The van der Waals surface area contributed by atoms with Crippen LogP contribution in [0.2, 0.25) is 0 Å². The van der Waals surface area contributed by atoms with Gasteiger partial charge in [-0.2, -0.15) is 19.1 Å². The first-order valence-electron chi connectivity index (χ1n) is 3.61. The van der Waals surface area contributed by atoms with Crippen LogP contribution in [0.5, 0.6) is 11.5 Å². The van der Waals surface area contributed by atoms with Crippen LogP contribution >= 0.6 is 0 Å². The molecule has 0 atom stereocenters. The minimum atomic E-state index is -4.40. The highest BCUT2D eigenvalue weighted by atomic mass is 19.4. The van der Waals surface area contributed by atoms with Crippen molar-refractivity contribution in [2.75, 3.05) is 7.11 Å². The Kier molecular flexibility index (Phi) is 2.85. The third-order valence-corrected chi connectivity index (χ3v) is 1.62. The van der Waals surface area contributed by atoms with Crippen LogP contribution in [0.1, 0.15) is 5.56 Å². The molecule has 1 aromatic carbocycles. The van der Waals surface area contributed by atoms with Gasteiger partial charge in [-0.3, -0.25) is 0 Å². The minimum Gasteiger partial charge on any atom is -0.493 e. The second-order valence-electron chi connectivity index (χ2n) is 2.48. The van der Waals surface area contributed by atoms with Gasteiger partial charge in [0.05, 0.1) is 12.7 Å². The molecule has 78 valence electrons. The molecule has 1 aromatic rings. The fraction of sp³-hybridized carbons (Fsp3) is 0.250. The molecule has 0 fully saturated rings. The summed E-state index contributed by atoms with van der Waals surface area (Å²) in [5.41, 5.74) is -0.810. The molecular weight excluding hydrogens is 199 g/mol. The van der Waals surface area contributed by atoms with E-state index in [9.17, 15) is 13.2 Å². The fourth-order valence-corrected chi connectivity index (χ4v) is 0.941. The molecular formula is C8H8F3NO2. The first-order valence-corrected chi connectivity index (χ1v) is 3.61. The van der Waals surface area contributed by atoms with Gasteiger partial charge in [0.15, 0.2) is 11.5 Å². The first kappa shape index (κ1) is 10.6. The Morgan fingerprint density at radius 1 is 1.21 bits per heavy atom. The number of methoxy groups -OCH3 is 1. The van der Waals surface area contributed by atoms with E-state index in [4.69, 9.17) is 5.90 Å². The van der Waals surface area contributed by atoms with Gasteiger partial charge in [-0.05, 0) is 18.2 Å². The van der Waals surface area contributed by atoms with Gasteiger partial charge >= 0.3 is 6.18 Å². The van der Waals surface area contributed by atoms with E-state index in [2.05, 4.69) is 9.57 Å². The van der Waals surface area contributed by atoms with Gasteiger partial charge in [0.2, 0.25) is 0 Å². The van der Waals surface area contributed by atoms with E-state index in [0.717, 1.165) is 18.2 Å². The van der Waals surface area contributed by atoms with Crippen molar-refractivity contribution >= 4 is 0 Å². The van der Waals surface area contributed by atoms with Crippen molar-refractivity contribution in [1.29, 1.82) is 0 Å². The number of nitrogens with two attached hydrogens (primary N) is 1. The third kappa shape index (κ3) is 2.08. The maximum absolute atomic E-state index is 12.2. The van der Waals surface area contributed by atoms with Crippen LogP contribution in [0.3, 0.4) is 0 Å². The Balaban J connectivity index is 3.14. The molecule has 0 spiro atoms. The Hall–Kier alpha value is -1.43. The zero-order valence-corrected chi connectivity index (χ0v) is 7.26. The molecule has 0 heterocycles. The van der Waals surface area contributed by atoms with Crippen molar-refractivity contribution in [1.82, 2.24) is 0 Å². The SMILES string of the molecule is COc1cc(C(F)(F)F)ccc1ON. The molecule has 0 amide bonds. The Morgan fingerprint density at radius 2 is 1.86 bits per heavy atom. The molecule has 0 aliphatic rings. The molecule has 3 nitrogen and oxygen atoms in total. The number of alkyl halides is 3. The second kappa shape index (κ2) is 3.75. The molecule has 0 unspecified atom stereocenters. The molecule has 2 N–H and O–H groups in total. The zero-order chi connectivity index (χ0) is 10.8. The van der Waals surface area contributed by atoms with Crippen molar-refractivity contribution in [3.63, 3.8) is 0 Å². The van der Waals surface area contributed by atoms with Gasteiger partial charge in [-0.1, -0.05) is 0 Å². The van der Waals surface area contributed by atoms with Crippen LogP contribution in [-0.4, -0.2) is 7.11 Å². The molecule has 0 bridgehead atoms. The monoisotopic (exact) mass is 207 g/mol. The van der Waals surface area contributed by atoms with Crippen molar-refractivity contribution in [2.45, 2.75) is 6.18 Å². The summed E-state index contributed by atoms with van der Waals surface area (Å²) in [6.45, 7) is 0. The highest BCUT2D eigenvalue weighted by Gasteiger charge is 2.31. The van der Waals surface area contributed by atoms with Crippen LogP contribution < -0.4 is 15.5 Å². The van der Waals surface area contributed by atoms with Gasteiger partial charge in [0.25, 0.3) is 0 Å². The Morgan fingerprint density at radius 3 is 2.29 bits per heavy atom. The smallest absolute Gasteiger partial charge is 0.416 e. The number of ether oxygens (including phenoxy) is 1. The predicted octanol–water partition coefficient (Wildman–Crippen LogP) is 1.97. The average Bonchev–Trinajstić information content (AvgIpc) is 2.15. The number of rotatable bonds is 2. The standard InChI is InChI=1S/C8H8F3NO2/c1-13-7-4-5(8(9,10)11)2-3-6(7)14-12/h2-4H,12H2,1H3. The Labute approximate surface area is 78.2 Å². The normalized spacial score (nSPS) is 11.2. The van der Waals surface area contributed by atoms with Crippen LogP contribution in [0, 0.1) is 0 Å². The lowest BCUT2D eigenvalue weighted by atomic mass is 10.2. The van der Waals surface area contributed by atoms with Crippen molar-refractivity contribution in [3.8, 4) is 11.5 Å². The summed E-state index contributed by atoms with van der Waals surface area (Å²) in [4.78, 5) is 4.31. The largest absolute Gasteiger partial charge is 0.493 e. The molecule has 14 heavy (non-hydrogen) atoms. The molecule has 0 saturated heterocycles. The maximum Gasteiger partial charge on any atom is 0.416 e. The molecule has 1 rings (SSSR count). The van der Waals surface area contributed by atoms with Crippen LogP contribution in [0.15, 0.2) is 18.2 Å². The van der Waals surface area contributed by atoms with Crippen LogP contribution in [-0.2, 0) is 6.18 Å². The van der Waals surface area contributed by atoms with Gasteiger partial charge in [0.1, 0.15) is 0 Å². The van der Waals surface area contributed by atoms with E-state index >= 15 is 0 Å². The zero-order valence-electron chi connectivity index (χ0n) is 7.26. The van der Waals surface area contributed by atoms with Crippen molar-refractivity contribution in [3.05, 3.63) is 23.8 Å². The van der Waals surface area contributed by atoms with E-state index in [1.807, 2.05) is 0 Å². The van der Waals surface area contributed by atoms with Crippen LogP contribution in [0.4, 0.5) is 13.2 Å². The summed E-state index contributed by atoms with van der Waals surface area (Å²) in [6, 6.07) is 2.79. The highest BCUT2D eigenvalue weighted by Crippen LogP contribution is 2.35. The third-order valence-electron chi connectivity index (χ3n) is 1.62. The average molecular weight is 207 g/mol. The summed E-state index contributed by atoms with van der Waals surface area (Å²) < 4.78 is 41.3.